The number of aromatic nitrogens is 6. The average molecular weight is 205 g/mol. The summed E-state index contributed by atoms with van der Waals surface area (Å²) in [5, 5.41) is 15.4. The number of nitrogens with zero attached hydrogens (tertiary/aromatic N) is 5. The van der Waals surface area contributed by atoms with Gasteiger partial charge in [-0.1, -0.05) is 0 Å². The molecule has 0 radical (unpaired) electrons. The van der Waals surface area contributed by atoms with Crippen molar-refractivity contribution >= 4 is 0 Å². The Kier molecular flexibility index (Phi) is 1.78. The average Bonchev–Trinajstić information content (AvgIpc) is 2.84. The molecule has 2 aromatic heterocycles. The maximum Gasteiger partial charge on any atom is 0.197 e. The number of nitrogens with one attached hydrogen (secondary N) is 2. The molecule has 2 aromatic rings. The van der Waals surface area contributed by atoms with Crippen LogP contribution < -0.4 is 5.32 Å². The van der Waals surface area contributed by atoms with E-state index < -0.39 is 0 Å². The molecule has 0 saturated heterocycles. The van der Waals surface area contributed by atoms with Crippen LogP contribution in [0.2, 0.25) is 0 Å². The third-order valence-electron chi connectivity index (χ3n) is 2.53. The highest BCUT2D eigenvalue weighted by Crippen LogP contribution is 2.22. The predicted molar refractivity (Wildman–Crippen MR) is 50.9 cm³/mol. The molecule has 0 fully saturated rings. The number of imidazole rings is 1. The summed E-state index contributed by atoms with van der Waals surface area (Å²) in [6.07, 6.45) is 2.67. The summed E-state index contributed by atoms with van der Waals surface area (Å²) in [5.74, 6) is 0.672. The highest BCUT2D eigenvalue weighted by Gasteiger charge is 2.26. The van der Waals surface area contributed by atoms with Crippen molar-refractivity contribution < 1.29 is 0 Å². The van der Waals surface area contributed by atoms with Crippen molar-refractivity contribution in [1.82, 2.24) is 35.5 Å². The largest absolute Gasteiger partial charge is 0.348 e. The number of aromatic amines is 1. The number of hydrogen-bond acceptors (Lipinski definition) is 5. The van der Waals surface area contributed by atoms with Crippen molar-refractivity contribution in [2.75, 3.05) is 6.54 Å². The van der Waals surface area contributed by atoms with E-state index in [-0.39, 0.29) is 6.04 Å². The summed E-state index contributed by atoms with van der Waals surface area (Å²) in [6.45, 7) is 0.901. The predicted octanol–water partition coefficient (Wildman–Crippen LogP) is -0.832. The number of aryl methyl sites for hydroxylation is 1. The molecule has 0 amide bonds. The Bertz CT molecular complexity index is 471. The van der Waals surface area contributed by atoms with Crippen molar-refractivity contribution in [3.63, 3.8) is 0 Å². The summed E-state index contributed by atoms with van der Waals surface area (Å²) < 4.78 is 0. The van der Waals surface area contributed by atoms with Crippen LogP contribution >= 0.6 is 0 Å². The van der Waals surface area contributed by atoms with Gasteiger partial charge < -0.3 is 10.3 Å². The van der Waals surface area contributed by atoms with Crippen molar-refractivity contribution in [2.45, 2.75) is 12.5 Å². The number of H-pyrrole nitrogens is 1. The zero-order valence-corrected chi connectivity index (χ0v) is 8.30. The molecule has 3 rings (SSSR count). The molecule has 3 heterocycles. The fraction of sp³-hybridized carbons (Fsp3) is 0.500. The van der Waals surface area contributed by atoms with Crippen LogP contribution in [0.3, 0.4) is 0 Å². The van der Waals surface area contributed by atoms with Crippen LogP contribution in [0.1, 0.15) is 23.3 Å². The summed E-state index contributed by atoms with van der Waals surface area (Å²) >= 11 is 0. The summed E-state index contributed by atoms with van der Waals surface area (Å²) in [7, 11) is 1.75. The number of hydrogen-bond donors (Lipinski definition) is 2. The van der Waals surface area contributed by atoms with Crippen LogP contribution in [0.5, 0.6) is 0 Å². The minimum atomic E-state index is -0.0336. The first-order valence-corrected chi connectivity index (χ1v) is 4.84. The number of rotatable bonds is 1. The molecule has 0 aromatic carbocycles. The second-order valence-electron chi connectivity index (χ2n) is 3.54. The Morgan fingerprint density at radius 2 is 2.47 bits per heavy atom. The Morgan fingerprint density at radius 1 is 1.53 bits per heavy atom. The summed E-state index contributed by atoms with van der Waals surface area (Å²) in [5.41, 5.74) is 2.14. The van der Waals surface area contributed by atoms with Gasteiger partial charge in [0.1, 0.15) is 6.04 Å². The minimum absolute atomic E-state index is 0.0336. The van der Waals surface area contributed by atoms with Gasteiger partial charge in [0.05, 0.1) is 19.1 Å². The van der Waals surface area contributed by atoms with E-state index in [1.54, 1.807) is 13.4 Å². The van der Waals surface area contributed by atoms with E-state index in [0.29, 0.717) is 5.82 Å². The van der Waals surface area contributed by atoms with Gasteiger partial charge in [-0.15, -0.1) is 10.2 Å². The SMILES string of the molecule is Cn1nnc(C2NCCc3[nH]cnc32)n1. The van der Waals surface area contributed by atoms with Crippen LogP contribution in [-0.2, 0) is 13.5 Å². The molecule has 7 nitrogen and oxygen atoms in total. The molecular weight excluding hydrogens is 194 g/mol. The van der Waals surface area contributed by atoms with E-state index in [9.17, 15) is 0 Å². The van der Waals surface area contributed by atoms with Gasteiger partial charge in [0, 0.05) is 18.7 Å². The molecule has 7 heteroatoms. The van der Waals surface area contributed by atoms with E-state index in [2.05, 4.69) is 30.7 Å². The number of tetrazole rings is 1. The van der Waals surface area contributed by atoms with E-state index in [0.717, 1.165) is 24.4 Å². The van der Waals surface area contributed by atoms with Gasteiger partial charge >= 0.3 is 0 Å². The molecule has 0 spiro atoms. The number of fused-ring (bicyclic) bond motifs is 1. The zero-order valence-electron chi connectivity index (χ0n) is 8.30. The third-order valence-corrected chi connectivity index (χ3v) is 2.53. The molecule has 1 unspecified atom stereocenters. The Hall–Kier alpha value is -1.76. The van der Waals surface area contributed by atoms with Crippen LogP contribution in [0.4, 0.5) is 0 Å². The molecule has 0 bridgehead atoms. The Balaban J connectivity index is 2.02. The molecule has 0 aliphatic carbocycles. The Labute approximate surface area is 85.9 Å². The van der Waals surface area contributed by atoms with E-state index in [4.69, 9.17) is 0 Å². The molecule has 0 saturated carbocycles. The van der Waals surface area contributed by atoms with Crippen molar-refractivity contribution in [3.8, 4) is 0 Å². The topological polar surface area (TPSA) is 84.3 Å². The lowest BCUT2D eigenvalue weighted by Crippen LogP contribution is -2.31. The molecule has 1 atom stereocenters. The lowest BCUT2D eigenvalue weighted by molar-refractivity contribution is 0.527. The van der Waals surface area contributed by atoms with Crippen molar-refractivity contribution in [2.24, 2.45) is 7.05 Å². The molecular formula is C8H11N7. The van der Waals surface area contributed by atoms with E-state index in [1.165, 1.54) is 4.80 Å². The van der Waals surface area contributed by atoms with Crippen LogP contribution in [-0.4, -0.2) is 36.7 Å². The van der Waals surface area contributed by atoms with Gasteiger partial charge in [-0.05, 0) is 5.21 Å². The second-order valence-corrected chi connectivity index (χ2v) is 3.54. The third kappa shape index (κ3) is 1.32. The molecule has 1 aliphatic heterocycles. The smallest absolute Gasteiger partial charge is 0.197 e. The van der Waals surface area contributed by atoms with Gasteiger partial charge in [0.2, 0.25) is 0 Å². The fourth-order valence-corrected chi connectivity index (χ4v) is 1.85. The Morgan fingerprint density at radius 3 is 3.27 bits per heavy atom. The van der Waals surface area contributed by atoms with Crippen molar-refractivity contribution in [1.29, 1.82) is 0 Å². The van der Waals surface area contributed by atoms with Crippen LogP contribution in [0.15, 0.2) is 6.33 Å². The van der Waals surface area contributed by atoms with E-state index in [1.807, 2.05) is 0 Å². The van der Waals surface area contributed by atoms with Gasteiger partial charge in [0.25, 0.3) is 0 Å². The first-order valence-electron chi connectivity index (χ1n) is 4.84. The highest BCUT2D eigenvalue weighted by atomic mass is 15.6. The van der Waals surface area contributed by atoms with Crippen molar-refractivity contribution in [3.05, 3.63) is 23.5 Å². The second kappa shape index (κ2) is 3.13. The fourth-order valence-electron chi connectivity index (χ4n) is 1.85. The van der Waals surface area contributed by atoms with Gasteiger partial charge in [-0.2, -0.15) is 4.80 Å². The molecule has 78 valence electrons. The first kappa shape index (κ1) is 8.54. The van der Waals surface area contributed by atoms with Gasteiger partial charge in [0.15, 0.2) is 5.82 Å². The minimum Gasteiger partial charge on any atom is -0.348 e. The molecule has 2 N–H and O–H groups in total. The van der Waals surface area contributed by atoms with Crippen LogP contribution in [0.25, 0.3) is 0 Å². The first-order chi connectivity index (χ1) is 7.34. The molecule has 15 heavy (non-hydrogen) atoms. The maximum atomic E-state index is 4.29. The lowest BCUT2D eigenvalue weighted by atomic mass is 10.1. The molecule has 1 aliphatic rings. The summed E-state index contributed by atoms with van der Waals surface area (Å²) in [4.78, 5) is 8.88. The monoisotopic (exact) mass is 205 g/mol. The van der Waals surface area contributed by atoms with Crippen LogP contribution in [0, 0.1) is 0 Å². The summed E-state index contributed by atoms with van der Waals surface area (Å²) in [6, 6.07) is -0.0336. The normalized spacial score (nSPS) is 20.2. The highest BCUT2D eigenvalue weighted by molar-refractivity contribution is 5.24. The standard InChI is InChI=1S/C8H11N7/c1-15-13-8(12-14-15)7-6-5(2-3-9-7)10-4-11-6/h4,7,9H,2-3H2,1H3,(H,10,11). The van der Waals surface area contributed by atoms with Gasteiger partial charge in [-0.25, -0.2) is 4.98 Å². The maximum absolute atomic E-state index is 4.29. The van der Waals surface area contributed by atoms with Gasteiger partial charge in [-0.3, -0.25) is 0 Å². The lowest BCUT2D eigenvalue weighted by Gasteiger charge is -2.19. The van der Waals surface area contributed by atoms with E-state index >= 15 is 0 Å². The zero-order chi connectivity index (χ0) is 10.3. The quantitative estimate of drug-likeness (QED) is 0.634.